The van der Waals surface area contributed by atoms with Crippen LogP contribution in [0, 0.1) is 6.92 Å². The third-order valence-electron chi connectivity index (χ3n) is 1.66. The fourth-order valence-electron chi connectivity index (χ4n) is 0.935. The van der Waals surface area contributed by atoms with E-state index in [1.807, 2.05) is 12.1 Å². The molecular formula is C10H8ClNO2S. The quantitative estimate of drug-likeness (QED) is 0.603. The molecule has 78 valence electrons. The molecule has 1 amide bonds. The van der Waals surface area contributed by atoms with Crippen molar-refractivity contribution in [2.75, 3.05) is 6.61 Å². The van der Waals surface area contributed by atoms with Gasteiger partial charge in [-0.1, -0.05) is 11.6 Å². The highest BCUT2D eigenvalue weighted by atomic mass is 35.5. The monoisotopic (exact) mass is 241 g/mol. The van der Waals surface area contributed by atoms with Crippen LogP contribution in [0.5, 0.6) is 5.75 Å². The van der Waals surface area contributed by atoms with E-state index in [2.05, 4.69) is 17.2 Å². The summed E-state index contributed by atoms with van der Waals surface area (Å²) in [5.74, 6) is 0.113. The lowest BCUT2D eigenvalue weighted by molar-refractivity contribution is -0.119. The summed E-state index contributed by atoms with van der Waals surface area (Å²) in [6.45, 7) is 1.71. The second-order valence-corrected chi connectivity index (χ2v) is 3.39. The lowest BCUT2D eigenvalue weighted by Gasteiger charge is -2.04. The second-order valence-electron chi connectivity index (χ2n) is 2.80. The number of benzene rings is 1. The van der Waals surface area contributed by atoms with Crippen LogP contribution in [0.15, 0.2) is 23.2 Å². The van der Waals surface area contributed by atoms with Gasteiger partial charge in [0.2, 0.25) is 0 Å². The molecule has 1 rings (SSSR count). The number of amides is 1. The Kier molecular flexibility index (Phi) is 4.43. The fraction of sp³-hybridized carbons (Fsp3) is 0.200. The Labute approximate surface area is 97.7 Å². The number of thiocarbonyl (C=S) groups is 1. The molecule has 0 saturated heterocycles. The van der Waals surface area contributed by atoms with E-state index in [1.165, 1.54) is 0 Å². The Balaban J connectivity index is 2.62. The highest BCUT2D eigenvalue weighted by molar-refractivity contribution is 7.78. The molecular weight excluding hydrogens is 234 g/mol. The van der Waals surface area contributed by atoms with Gasteiger partial charge in [0.05, 0.1) is 5.16 Å². The van der Waals surface area contributed by atoms with Crippen molar-refractivity contribution in [3.63, 3.8) is 0 Å². The molecule has 3 nitrogen and oxygen atoms in total. The van der Waals surface area contributed by atoms with E-state index in [1.54, 1.807) is 18.2 Å². The molecule has 0 radical (unpaired) electrons. The van der Waals surface area contributed by atoms with Gasteiger partial charge in [-0.3, -0.25) is 4.79 Å². The van der Waals surface area contributed by atoms with E-state index in [9.17, 15) is 4.79 Å². The minimum absolute atomic E-state index is 0.148. The summed E-state index contributed by atoms with van der Waals surface area (Å²) in [4.78, 5) is 14.2. The predicted molar refractivity (Wildman–Crippen MR) is 61.7 cm³/mol. The number of carbonyl (C=O) groups excluding carboxylic acids is 1. The van der Waals surface area contributed by atoms with Gasteiger partial charge in [0, 0.05) is 5.02 Å². The molecule has 5 heteroatoms. The van der Waals surface area contributed by atoms with E-state index in [-0.39, 0.29) is 6.61 Å². The summed E-state index contributed by atoms with van der Waals surface area (Å²) < 4.78 is 5.17. The molecule has 0 fully saturated rings. The number of ether oxygens (including phenoxy) is 1. The van der Waals surface area contributed by atoms with Gasteiger partial charge in [0.25, 0.3) is 5.91 Å². The van der Waals surface area contributed by atoms with Crippen LogP contribution in [-0.4, -0.2) is 17.7 Å². The van der Waals surface area contributed by atoms with Gasteiger partial charge in [0.1, 0.15) is 5.75 Å². The summed E-state index contributed by atoms with van der Waals surface area (Å²) in [6.07, 6.45) is 0. The summed E-state index contributed by atoms with van der Waals surface area (Å²) in [7, 11) is 0. The number of hydrogen-bond donors (Lipinski definition) is 0. The average Bonchev–Trinajstić information content (AvgIpc) is 2.20. The lowest BCUT2D eigenvalue weighted by Crippen LogP contribution is -2.08. The van der Waals surface area contributed by atoms with E-state index in [4.69, 9.17) is 16.3 Å². The zero-order chi connectivity index (χ0) is 11.3. The smallest absolute Gasteiger partial charge is 0.292 e. The molecule has 15 heavy (non-hydrogen) atoms. The van der Waals surface area contributed by atoms with Crippen LogP contribution in [0.3, 0.4) is 0 Å². The van der Waals surface area contributed by atoms with Crippen molar-refractivity contribution >= 4 is 34.9 Å². The van der Waals surface area contributed by atoms with Gasteiger partial charge in [-0.15, -0.1) is 0 Å². The number of halogens is 1. The number of aliphatic imine (C=N–C) groups is 1. The number of hydrogen-bond acceptors (Lipinski definition) is 3. The molecule has 0 atom stereocenters. The van der Waals surface area contributed by atoms with Crippen LogP contribution in [0.1, 0.15) is 5.56 Å². The summed E-state index contributed by atoms with van der Waals surface area (Å²) in [5.41, 5.74) is 0.889. The van der Waals surface area contributed by atoms with Crippen LogP contribution in [-0.2, 0) is 4.79 Å². The normalized spacial score (nSPS) is 9.20. The van der Waals surface area contributed by atoms with Crippen LogP contribution in [0.4, 0.5) is 0 Å². The van der Waals surface area contributed by atoms with Gasteiger partial charge in [0.15, 0.2) is 6.61 Å². The number of aryl methyl sites for hydroxylation is 1. The van der Waals surface area contributed by atoms with Crippen molar-refractivity contribution in [2.45, 2.75) is 6.92 Å². The standard InChI is InChI=1S/C10H8ClNO2S/c1-7-4-8(2-3-9(7)11)14-5-10(13)12-6-15/h2-4H,5H2,1H3. The van der Waals surface area contributed by atoms with E-state index in [0.29, 0.717) is 10.8 Å². The number of nitrogens with zero attached hydrogens (tertiary/aromatic N) is 1. The van der Waals surface area contributed by atoms with Crippen LogP contribution >= 0.6 is 23.8 Å². The summed E-state index contributed by atoms with van der Waals surface area (Å²) >= 11 is 10.1. The molecule has 0 spiro atoms. The fourth-order valence-corrected chi connectivity index (χ4v) is 1.15. The highest BCUT2D eigenvalue weighted by Crippen LogP contribution is 2.20. The van der Waals surface area contributed by atoms with Gasteiger partial charge in [-0.05, 0) is 42.9 Å². The number of isothiocyanates is 1. The molecule has 1 aromatic rings. The zero-order valence-corrected chi connectivity index (χ0v) is 9.56. The van der Waals surface area contributed by atoms with Crippen molar-refractivity contribution in [1.29, 1.82) is 0 Å². The Bertz CT molecular complexity index is 427. The maximum Gasteiger partial charge on any atom is 0.292 e. The molecule has 0 aliphatic heterocycles. The van der Waals surface area contributed by atoms with E-state index >= 15 is 0 Å². The second kappa shape index (κ2) is 5.61. The van der Waals surface area contributed by atoms with Crippen molar-refractivity contribution in [3.05, 3.63) is 28.8 Å². The van der Waals surface area contributed by atoms with Crippen LogP contribution in [0.25, 0.3) is 0 Å². The van der Waals surface area contributed by atoms with Gasteiger partial charge >= 0.3 is 0 Å². The van der Waals surface area contributed by atoms with Crippen LogP contribution in [0.2, 0.25) is 5.02 Å². The van der Waals surface area contributed by atoms with Gasteiger partial charge in [-0.2, -0.15) is 4.99 Å². The molecule has 0 N–H and O–H groups in total. The van der Waals surface area contributed by atoms with E-state index < -0.39 is 5.91 Å². The minimum atomic E-state index is -0.461. The Hall–Kier alpha value is -1.22. The van der Waals surface area contributed by atoms with Crippen molar-refractivity contribution < 1.29 is 9.53 Å². The molecule has 0 heterocycles. The minimum Gasteiger partial charge on any atom is -0.484 e. The Morgan fingerprint density at radius 1 is 1.67 bits per heavy atom. The third kappa shape index (κ3) is 3.80. The Morgan fingerprint density at radius 3 is 3.00 bits per heavy atom. The highest BCUT2D eigenvalue weighted by Gasteiger charge is 2.02. The lowest BCUT2D eigenvalue weighted by atomic mass is 10.2. The Morgan fingerprint density at radius 2 is 2.40 bits per heavy atom. The SMILES string of the molecule is Cc1cc(OCC(=O)N=C=S)ccc1Cl. The first-order chi connectivity index (χ1) is 7.13. The first-order valence-electron chi connectivity index (χ1n) is 4.13. The number of carbonyl (C=O) groups is 1. The van der Waals surface area contributed by atoms with Crippen molar-refractivity contribution in [3.8, 4) is 5.75 Å². The third-order valence-corrected chi connectivity index (χ3v) is 2.18. The summed E-state index contributed by atoms with van der Waals surface area (Å²) in [5, 5.41) is 2.64. The molecule has 0 aliphatic rings. The molecule has 0 unspecified atom stereocenters. The molecule has 0 aromatic heterocycles. The predicted octanol–water partition coefficient (Wildman–Crippen LogP) is 2.66. The maximum absolute atomic E-state index is 10.9. The molecule has 1 aromatic carbocycles. The van der Waals surface area contributed by atoms with Gasteiger partial charge in [-0.25, -0.2) is 0 Å². The molecule has 0 aliphatic carbocycles. The number of rotatable bonds is 3. The zero-order valence-electron chi connectivity index (χ0n) is 7.99. The molecule has 0 bridgehead atoms. The maximum atomic E-state index is 10.9. The first kappa shape index (κ1) is 11.9. The van der Waals surface area contributed by atoms with E-state index in [0.717, 1.165) is 5.56 Å². The summed E-state index contributed by atoms with van der Waals surface area (Å²) in [6, 6.07) is 5.14. The largest absolute Gasteiger partial charge is 0.484 e. The van der Waals surface area contributed by atoms with Crippen molar-refractivity contribution in [1.82, 2.24) is 0 Å². The van der Waals surface area contributed by atoms with Crippen LogP contribution < -0.4 is 4.74 Å². The average molecular weight is 242 g/mol. The van der Waals surface area contributed by atoms with Crippen molar-refractivity contribution in [2.24, 2.45) is 4.99 Å². The first-order valence-corrected chi connectivity index (χ1v) is 4.92. The topological polar surface area (TPSA) is 38.7 Å². The van der Waals surface area contributed by atoms with Gasteiger partial charge < -0.3 is 4.74 Å². The molecule has 0 saturated carbocycles.